The van der Waals surface area contributed by atoms with Crippen LogP contribution in [0.2, 0.25) is 0 Å². The van der Waals surface area contributed by atoms with Gasteiger partial charge in [-0.1, -0.05) is 13.3 Å². The van der Waals surface area contributed by atoms with Crippen molar-refractivity contribution in [2.75, 3.05) is 32.7 Å². The number of likely N-dealkylation sites (tertiary alicyclic amines) is 1. The molecular formula is C18H35N3. The number of piperidine rings is 1. The van der Waals surface area contributed by atoms with Gasteiger partial charge < -0.3 is 10.2 Å². The maximum atomic E-state index is 3.76. The molecule has 2 saturated heterocycles. The van der Waals surface area contributed by atoms with Gasteiger partial charge in [-0.25, -0.2) is 0 Å². The lowest BCUT2D eigenvalue weighted by Gasteiger charge is -2.36. The van der Waals surface area contributed by atoms with Gasteiger partial charge in [-0.3, -0.25) is 4.90 Å². The van der Waals surface area contributed by atoms with Crippen LogP contribution in [0.25, 0.3) is 0 Å². The Morgan fingerprint density at radius 1 is 0.952 bits per heavy atom. The zero-order valence-electron chi connectivity index (χ0n) is 14.0. The topological polar surface area (TPSA) is 18.5 Å². The third-order valence-electron chi connectivity index (χ3n) is 5.66. The molecule has 3 heteroatoms. The van der Waals surface area contributed by atoms with Gasteiger partial charge in [-0.2, -0.15) is 0 Å². The van der Waals surface area contributed by atoms with E-state index in [0.717, 1.165) is 18.1 Å². The summed E-state index contributed by atoms with van der Waals surface area (Å²) in [5.74, 6) is 0. The summed E-state index contributed by atoms with van der Waals surface area (Å²) in [5.41, 5.74) is 0. The first-order chi connectivity index (χ1) is 10.4. The minimum Gasteiger partial charge on any atom is -0.313 e. The minimum absolute atomic E-state index is 0.773. The van der Waals surface area contributed by atoms with E-state index in [0.29, 0.717) is 0 Å². The highest BCUT2D eigenvalue weighted by molar-refractivity contribution is 4.92. The molecule has 3 rings (SSSR count). The summed E-state index contributed by atoms with van der Waals surface area (Å²) in [5, 5.41) is 3.76. The number of hydrogen-bond acceptors (Lipinski definition) is 3. The fourth-order valence-electron chi connectivity index (χ4n) is 4.35. The van der Waals surface area contributed by atoms with Crippen LogP contribution in [-0.4, -0.2) is 60.6 Å². The van der Waals surface area contributed by atoms with Crippen molar-refractivity contribution in [1.82, 2.24) is 15.1 Å². The molecule has 21 heavy (non-hydrogen) atoms. The zero-order chi connectivity index (χ0) is 14.5. The van der Waals surface area contributed by atoms with Crippen LogP contribution in [0.3, 0.4) is 0 Å². The van der Waals surface area contributed by atoms with Crippen LogP contribution in [0.15, 0.2) is 0 Å². The molecule has 0 bridgehead atoms. The number of nitrogens with one attached hydrogen (secondary N) is 1. The van der Waals surface area contributed by atoms with Crippen LogP contribution in [-0.2, 0) is 0 Å². The SMILES string of the molecule is CCCN1CCCC(N(CC2CCCCN2)C2CC2)CC1. The van der Waals surface area contributed by atoms with E-state index in [4.69, 9.17) is 0 Å². The minimum atomic E-state index is 0.773. The van der Waals surface area contributed by atoms with Crippen molar-refractivity contribution in [3.63, 3.8) is 0 Å². The molecule has 3 nitrogen and oxygen atoms in total. The van der Waals surface area contributed by atoms with Gasteiger partial charge in [0.15, 0.2) is 0 Å². The van der Waals surface area contributed by atoms with Gasteiger partial charge in [-0.05, 0) is 77.5 Å². The summed E-state index contributed by atoms with van der Waals surface area (Å²) in [6.07, 6.45) is 12.7. The number of nitrogens with zero attached hydrogens (tertiary/aromatic N) is 2. The predicted octanol–water partition coefficient (Wildman–Crippen LogP) is 2.86. The van der Waals surface area contributed by atoms with E-state index < -0.39 is 0 Å². The molecule has 2 unspecified atom stereocenters. The Morgan fingerprint density at radius 3 is 2.52 bits per heavy atom. The van der Waals surface area contributed by atoms with Crippen LogP contribution >= 0.6 is 0 Å². The normalized spacial score (nSPS) is 32.3. The van der Waals surface area contributed by atoms with Gasteiger partial charge in [0, 0.05) is 24.7 Å². The largest absolute Gasteiger partial charge is 0.313 e. The monoisotopic (exact) mass is 293 g/mol. The van der Waals surface area contributed by atoms with E-state index in [9.17, 15) is 0 Å². The van der Waals surface area contributed by atoms with Crippen molar-refractivity contribution in [2.24, 2.45) is 0 Å². The Bertz CT molecular complexity index is 297. The van der Waals surface area contributed by atoms with E-state index in [1.165, 1.54) is 90.5 Å². The Hall–Kier alpha value is -0.120. The summed E-state index contributed by atoms with van der Waals surface area (Å²) >= 11 is 0. The molecule has 2 atom stereocenters. The zero-order valence-corrected chi connectivity index (χ0v) is 14.0. The van der Waals surface area contributed by atoms with Gasteiger partial charge in [0.1, 0.15) is 0 Å². The second kappa shape index (κ2) is 7.94. The Labute approximate surface area is 131 Å². The van der Waals surface area contributed by atoms with Crippen LogP contribution in [0.4, 0.5) is 0 Å². The van der Waals surface area contributed by atoms with Gasteiger partial charge in [0.2, 0.25) is 0 Å². The quantitative estimate of drug-likeness (QED) is 0.812. The molecule has 0 spiro atoms. The Morgan fingerprint density at radius 2 is 1.81 bits per heavy atom. The van der Waals surface area contributed by atoms with Gasteiger partial charge in [0.05, 0.1) is 0 Å². The lowest BCUT2D eigenvalue weighted by atomic mass is 10.0. The summed E-state index contributed by atoms with van der Waals surface area (Å²) in [7, 11) is 0. The van der Waals surface area contributed by atoms with Crippen LogP contribution in [0.5, 0.6) is 0 Å². The molecule has 0 aromatic rings. The molecule has 0 amide bonds. The lowest BCUT2D eigenvalue weighted by Crippen LogP contribution is -2.48. The average Bonchev–Trinajstić information content (AvgIpc) is 3.34. The fraction of sp³-hybridized carbons (Fsp3) is 1.00. The van der Waals surface area contributed by atoms with Crippen molar-refractivity contribution in [3.05, 3.63) is 0 Å². The lowest BCUT2D eigenvalue weighted by molar-refractivity contribution is 0.142. The summed E-state index contributed by atoms with van der Waals surface area (Å²) in [6.45, 7) is 8.86. The van der Waals surface area contributed by atoms with Crippen LogP contribution in [0.1, 0.15) is 64.7 Å². The van der Waals surface area contributed by atoms with Crippen molar-refractivity contribution in [1.29, 1.82) is 0 Å². The van der Waals surface area contributed by atoms with E-state index in [1.807, 2.05) is 0 Å². The molecule has 122 valence electrons. The maximum absolute atomic E-state index is 3.76. The summed E-state index contributed by atoms with van der Waals surface area (Å²) in [4.78, 5) is 5.61. The van der Waals surface area contributed by atoms with E-state index in [2.05, 4.69) is 22.0 Å². The first-order valence-corrected chi connectivity index (χ1v) is 9.58. The van der Waals surface area contributed by atoms with E-state index in [-0.39, 0.29) is 0 Å². The Kier molecular flexibility index (Phi) is 5.96. The van der Waals surface area contributed by atoms with Gasteiger partial charge in [0.25, 0.3) is 0 Å². The highest BCUT2D eigenvalue weighted by Crippen LogP contribution is 2.32. The molecule has 2 heterocycles. The summed E-state index contributed by atoms with van der Waals surface area (Å²) in [6, 6.07) is 2.56. The molecular weight excluding hydrogens is 258 g/mol. The van der Waals surface area contributed by atoms with Crippen molar-refractivity contribution < 1.29 is 0 Å². The molecule has 0 aromatic heterocycles. The molecule has 0 aromatic carbocycles. The summed E-state index contributed by atoms with van der Waals surface area (Å²) < 4.78 is 0. The van der Waals surface area contributed by atoms with Crippen LogP contribution in [0, 0.1) is 0 Å². The Balaban J connectivity index is 1.53. The molecule has 0 radical (unpaired) electrons. The molecule has 3 fully saturated rings. The fourth-order valence-corrected chi connectivity index (χ4v) is 4.35. The smallest absolute Gasteiger partial charge is 0.0195 e. The molecule has 2 aliphatic heterocycles. The van der Waals surface area contributed by atoms with E-state index >= 15 is 0 Å². The second-order valence-electron chi connectivity index (χ2n) is 7.50. The molecule has 1 saturated carbocycles. The second-order valence-corrected chi connectivity index (χ2v) is 7.50. The van der Waals surface area contributed by atoms with E-state index in [1.54, 1.807) is 0 Å². The molecule has 1 aliphatic carbocycles. The highest BCUT2D eigenvalue weighted by atomic mass is 15.2. The van der Waals surface area contributed by atoms with Crippen molar-refractivity contribution in [2.45, 2.75) is 82.8 Å². The standard InChI is InChI=1S/C18H35N3/c1-2-12-20-13-5-7-17(10-14-20)21(18-8-9-18)15-16-6-3-4-11-19-16/h16-19H,2-15H2,1H3. The first-order valence-electron chi connectivity index (χ1n) is 9.58. The molecule has 1 N–H and O–H groups in total. The predicted molar refractivity (Wildman–Crippen MR) is 89.7 cm³/mol. The highest BCUT2D eigenvalue weighted by Gasteiger charge is 2.35. The van der Waals surface area contributed by atoms with Crippen molar-refractivity contribution in [3.8, 4) is 0 Å². The molecule has 3 aliphatic rings. The average molecular weight is 293 g/mol. The number of hydrogen-bond donors (Lipinski definition) is 1. The maximum Gasteiger partial charge on any atom is 0.0195 e. The first kappa shape index (κ1) is 15.8. The third-order valence-corrected chi connectivity index (χ3v) is 5.66. The third kappa shape index (κ3) is 4.67. The van der Waals surface area contributed by atoms with Crippen LogP contribution < -0.4 is 5.32 Å². The number of rotatable bonds is 6. The van der Waals surface area contributed by atoms with Gasteiger partial charge in [-0.15, -0.1) is 0 Å². The van der Waals surface area contributed by atoms with Gasteiger partial charge >= 0.3 is 0 Å². The van der Waals surface area contributed by atoms with Crippen molar-refractivity contribution >= 4 is 0 Å².